The fourth-order valence-corrected chi connectivity index (χ4v) is 1.01. The van der Waals surface area contributed by atoms with Crippen molar-refractivity contribution in [3.05, 3.63) is 24.4 Å². The fourth-order valence-electron chi connectivity index (χ4n) is 1.01. The third kappa shape index (κ3) is 0.603. The van der Waals surface area contributed by atoms with Crippen LogP contribution in [0.3, 0.4) is 0 Å². The summed E-state index contributed by atoms with van der Waals surface area (Å²) in [7, 11) is 0. The number of nitrogens with zero attached hydrogens (tertiary/aromatic N) is 2. The number of hydrogen-bond donors (Lipinski definition) is 1. The number of aryl methyl sites for hydroxylation is 1. The summed E-state index contributed by atoms with van der Waals surface area (Å²) in [6.45, 7) is 2.00. The Morgan fingerprint density at radius 3 is 3.20 bits per heavy atom. The zero-order valence-corrected chi connectivity index (χ0v) is 5.63. The molecule has 0 radical (unpaired) electrons. The van der Waals surface area contributed by atoms with Gasteiger partial charge in [0.15, 0.2) is 0 Å². The minimum atomic E-state index is 1.01. The van der Waals surface area contributed by atoms with E-state index in [1.165, 1.54) is 0 Å². The Hall–Kier alpha value is -1.38. The zero-order valence-electron chi connectivity index (χ0n) is 5.63. The van der Waals surface area contributed by atoms with E-state index < -0.39 is 0 Å². The highest BCUT2D eigenvalue weighted by Crippen LogP contribution is 2.11. The van der Waals surface area contributed by atoms with Crippen LogP contribution < -0.4 is 0 Å². The van der Waals surface area contributed by atoms with E-state index in [1.54, 1.807) is 12.5 Å². The first-order valence-electron chi connectivity index (χ1n) is 3.11. The summed E-state index contributed by atoms with van der Waals surface area (Å²) in [6.07, 6.45) is 5.26. The second-order valence-corrected chi connectivity index (χ2v) is 2.24. The van der Waals surface area contributed by atoms with Crippen molar-refractivity contribution in [1.82, 2.24) is 15.0 Å². The van der Waals surface area contributed by atoms with Crippen LogP contribution in [0, 0.1) is 6.92 Å². The molecule has 2 aromatic heterocycles. The maximum absolute atomic E-state index is 4.10. The summed E-state index contributed by atoms with van der Waals surface area (Å²) in [5, 5.41) is 1.07. The first kappa shape index (κ1) is 5.41. The quantitative estimate of drug-likeness (QED) is 0.588. The normalized spacial score (nSPS) is 10.5. The van der Waals surface area contributed by atoms with Gasteiger partial charge in [-0.3, -0.25) is 0 Å². The molecular weight excluding hydrogens is 126 g/mol. The molecule has 0 aliphatic rings. The minimum Gasteiger partial charge on any atom is -0.363 e. The summed E-state index contributed by atoms with van der Waals surface area (Å²) in [4.78, 5) is 11.1. The molecule has 0 atom stereocenters. The van der Waals surface area contributed by atoms with Crippen LogP contribution in [-0.2, 0) is 0 Å². The molecule has 0 fully saturated rings. The van der Waals surface area contributed by atoms with E-state index in [4.69, 9.17) is 0 Å². The van der Waals surface area contributed by atoms with Crippen LogP contribution in [0.2, 0.25) is 0 Å². The van der Waals surface area contributed by atoms with Gasteiger partial charge in [0.1, 0.15) is 6.33 Å². The number of rotatable bonds is 0. The van der Waals surface area contributed by atoms with Gasteiger partial charge in [0.25, 0.3) is 0 Å². The summed E-state index contributed by atoms with van der Waals surface area (Å²) in [6, 6.07) is 0. The van der Waals surface area contributed by atoms with Crippen molar-refractivity contribution in [2.75, 3.05) is 0 Å². The van der Waals surface area contributed by atoms with Crippen LogP contribution >= 0.6 is 0 Å². The van der Waals surface area contributed by atoms with Gasteiger partial charge in [-0.25, -0.2) is 9.97 Å². The molecule has 0 saturated heterocycles. The first-order valence-corrected chi connectivity index (χ1v) is 3.11. The molecule has 0 aromatic carbocycles. The largest absolute Gasteiger partial charge is 0.363 e. The number of nitrogens with one attached hydrogen (secondary N) is 1. The topological polar surface area (TPSA) is 41.6 Å². The maximum atomic E-state index is 4.10. The molecule has 3 nitrogen and oxygen atoms in total. The monoisotopic (exact) mass is 133 g/mol. The Bertz CT molecular complexity index is 350. The average molecular weight is 133 g/mol. The van der Waals surface area contributed by atoms with E-state index in [9.17, 15) is 0 Å². The highest BCUT2D eigenvalue weighted by Gasteiger charge is 1.96. The van der Waals surface area contributed by atoms with E-state index in [0.29, 0.717) is 0 Å². The first-order chi connectivity index (χ1) is 4.88. The molecule has 0 aliphatic heterocycles. The van der Waals surface area contributed by atoms with Crippen molar-refractivity contribution in [3.63, 3.8) is 0 Å². The van der Waals surface area contributed by atoms with Crippen LogP contribution in [0.5, 0.6) is 0 Å². The third-order valence-electron chi connectivity index (χ3n) is 1.54. The van der Waals surface area contributed by atoms with Crippen molar-refractivity contribution in [2.45, 2.75) is 6.92 Å². The van der Waals surface area contributed by atoms with Gasteiger partial charge in [-0.15, -0.1) is 0 Å². The molecule has 0 spiro atoms. The highest BCUT2D eigenvalue weighted by molar-refractivity contribution is 5.79. The predicted molar refractivity (Wildman–Crippen MR) is 38.6 cm³/mol. The summed E-state index contributed by atoms with van der Waals surface area (Å²) < 4.78 is 0. The number of hydrogen-bond acceptors (Lipinski definition) is 2. The van der Waals surface area contributed by atoms with Crippen molar-refractivity contribution in [3.8, 4) is 0 Å². The van der Waals surface area contributed by atoms with E-state index in [1.807, 2.05) is 13.1 Å². The molecule has 0 aliphatic carbocycles. The van der Waals surface area contributed by atoms with Crippen LogP contribution in [0.15, 0.2) is 18.7 Å². The molecule has 1 N–H and O–H groups in total. The number of aromatic amines is 1. The highest BCUT2D eigenvalue weighted by atomic mass is 14.8. The molecule has 0 amide bonds. The standard InChI is InChI=1S/C7H7N3/c1-5-7-6(3-9-5)2-8-4-10-7/h2-4,9H,1H3. The Morgan fingerprint density at radius 2 is 2.40 bits per heavy atom. The lowest BCUT2D eigenvalue weighted by Crippen LogP contribution is -1.77. The zero-order chi connectivity index (χ0) is 6.97. The van der Waals surface area contributed by atoms with E-state index in [2.05, 4.69) is 15.0 Å². The molecule has 0 unspecified atom stereocenters. The Morgan fingerprint density at radius 1 is 1.50 bits per heavy atom. The van der Waals surface area contributed by atoms with Gasteiger partial charge in [0.2, 0.25) is 0 Å². The number of H-pyrrole nitrogens is 1. The van der Waals surface area contributed by atoms with Crippen molar-refractivity contribution in [2.24, 2.45) is 0 Å². The molecule has 0 saturated carbocycles. The molecule has 0 bridgehead atoms. The number of aromatic nitrogens is 3. The number of fused-ring (bicyclic) bond motifs is 1. The third-order valence-corrected chi connectivity index (χ3v) is 1.54. The molecule has 10 heavy (non-hydrogen) atoms. The molecule has 2 heterocycles. The Labute approximate surface area is 58.1 Å². The SMILES string of the molecule is Cc1[nH]cc2cncnc12. The predicted octanol–water partition coefficient (Wildman–Crippen LogP) is 1.27. The summed E-state index contributed by atoms with van der Waals surface area (Å²) >= 11 is 0. The van der Waals surface area contributed by atoms with Gasteiger partial charge in [-0.2, -0.15) is 0 Å². The lowest BCUT2D eigenvalue weighted by Gasteiger charge is -1.85. The van der Waals surface area contributed by atoms with E-state index >= 15 is 0 Å². The molecular formula is C7H7N3. The van der Waals surface area contributed by atoms with Crippen LogP contribution in [0.25, 0.3) is 10.9 Å². The Balaban J connectivity index is 2.93. The lowest BCUT2D eigenvalue weighted by atomic mass is 10.3. The van der Waals surface area contributed by atoms with E-state index in [0.717, 1.165) is 16.6 Å². The molecule has 2 aromatic rings. The van der Waals surface area contributed by atoms with Crippen LogP contribution in [0.4, 0.5) is 0 Å². The molecule has 3 heteroatoms. The van der Waals surface area contributed by atoms with Crippen molar-refractivity contribution < 1.29 is 0 Å². The Kier molecular flexibility index (Phi) is 0.974. The van der Waals surface area contributed by atoms with Gasteiger partial charge in [-0.05, 0) is 6.92 Å². The van der Waals surface area contributed by atoms with Crippen molar-refractivity contribution in [1.29, 1.82) is 0 Å². The van der Waals surface area contributed by atoms with Crippen molar-refractivity contribution >= 4 is 10.9 Å². The van der Waals surface area contributed by atoms with Gasteiger partial charge in [0, 0.05) is 23.5 Å². The van der Waals surface area contributed by atoms with Crippen LogP contribution in [-0.4, -0.2) is 15.0 Å². The summed E-state index contributed by atoms with van der Waals surface area (Å²) in [5.74, 6) is 0. The van der Waals surface area contributed by atoms with Gasteiger partial charge < -0.3 is 4.98 Å². The summed E-state index contributed by atoms with van der Waals surface area (Å²) in [5.41, 5.74) is 2.10. The van der Waals surface area contributed by atoms with Gasteiger partial charge in [-0.1, -0.05) is 0 Å². The second kappa shape index (κ2) is 1.80. The van der Waals surface area contributed by atoms with Crippen LogP contribution in [0.1, 0.15) is 5.69 Å². The maximum Gasteiger partial charge on any atom is 0.116 e. The van der Waals surface area contributed by atoms with E-state index in [-0.39, 0.29) is 0 Å². The molecule has 2 rings (SSSR count). The molecule has 50 valence electrons. The minimum absolute atomic E-state index is 1.01. The lowest BCUT2D eigenvalue weighted by molar-refractivity contribution is 1.21. The second-order valence-electron chi connectivity index (χ2n) is 2.24. The van der Waals surface area contributed by atoms with Gasteiger partial charge >= 0.3 is 0 Å². The average Bonchev–Trinajstić information content (AvgIpc) is 2.34. The smallest absolute Gasteiger partial charge is 0.116 e. The van der Waals surface area contributed by atoms with Gasteiger partial charge in [0.05, 0.1) is 5.52 Å². The fraction of sp³-hybridized carbons (Fsp3) is 0.143.